The Balaban J connectivity index is 0.00000338. The molecule has 1 aromatic rings. The second-order valence-electron chi connectivity index (χ2n) is 7.12. The third kappa shape index (κ3) is 6.68. The Morgan fingerprint density at radius 3 is 2.62 bits per heavy atom. The normalized spacial score (nSPS) is 15.9. The highest BCUT2D eigenvalue weighted by Crippen LogP contribution is 2.43. The number of aliphatic imine (C=N–C) groups is 1. The van der Waals surface area contributed by atoms with Gasteiger partial charge in [-0.2, -0.15) is 0 Å². The maximum absolute atomic E-state index is 5.29. The number of rotatable bonds is 10. The highest BCUT2D eigenvalue weighted by Gasteiger charge is 2.36. The summed E-state index contributed by atoms with van der Waals surface area (Å²) in [6.45, 7) is 7.40. The predicted molar refractivity (Wildman–Crippen MR) is 116 cm³/mol. The Kier molecular flexibility index (Phi) is 10.4. The molecule has 1 heterocycles. The molecule has 1 saturated carbocycles. The minimum Gasteiger partial charge on any atom is -0.385 e. The molecule has 1 aliphatic rings. The zero-order valence-electron chi connectivity index (χ0n) is 16.7. The van der Waals surface area contributed by atoms with Crippen LogP contribution in [0.5, 0.6) is 0 Å². The van der Waals surface area contributed by atoms with Crippen LogP contribution in [0.25, 0.3) is 0 Å². The molecular formula is C18H35IN6O. The van der Waals surface area contributed by atoms with E-state index in [0.717, 1.165) is 50.1 Å². The van der Waals surface area contributed by atoms with E-state index in [0.29, 0.717) is 12.0 Å². The number of aromatic nitrogens is 3. The van der Waals surface area contributed by atoms with Gasteiger partial charge in [-0.1, -0.05) is 19.8 Å². The van der Waals surface area contributed by atoms with Crippen LogP contribution in [0.15, 0.2) is 4.99 Å². The van der Waals surface area contributed by atoms with Crippen LogP contribution in [-0.2, 0) is 18.3 Å². The second kappa shape index (κ2) is 11.7. The van der Waals surface area contributed by atoms with E-state index < -0.39 is 0 Å². The number of nitrogens with one attached hydrogen (secondary N) is 2. The first kappa shape index (κ1) is 23.1. The van der Waals surface area contributed by atoms with E-state index in [1.54, 1.807) is 7.11 Å². The molecule has 0 atom stereocenters. The molecule has 7 nitrogen and oxygen atoms in total. The maximum Gasteiger partial charge on any atom is 0.191 e. The van der Waals surface area contributed by atoms with E-state index in [4.69, 9.17) is 9.73 Å². The maximum atomic E-state index is 5.29. The number of unbranched alkanes of at least 4 members (excludes halogenated alkanes) is 1. The van der Waals surface area contributed by atoms with Crippen molar-refractivity contribution in [1.29, 1.82) is 0 Å². The Labute approximate surface area is 174 Å². The van der Waals surface area contributed by atoms with Crippen molar-refractivity contribution in [1.82, 2.24) is 25.4 Å². The quantitative estimate of drug-likeness (QED) is 0.234. The van der Waals surface area contributed by atoms with Gasteiger partial charge in [0.2, 0.25) is 0 Å². The van der Waals surface area contributed by atoms with Gasteiger partial charge in [0.05, 0.1) is 0 Å². The summed E-state index contributed by atoms with van der Waals surface area (Å²) in [5, 5.41) is 15.3. The molecule has 0 aromatic carbocycles. The first-order valence-electron chi connectivity index (χ1n) is 9.46. The molecule has 26 heavy (non-hydrogen) atoms. The average molecular weight is 478 g/mol. The summed E-state index contributed by atoms with van der Waals surface area (Å²) in [5.74, 6) is 2.66. The fourth-order valence-corrected chi connectivity index (χ4v) is 3.08. The highest BCUT2D eigenvalue weighted by atomic mass is 127. The molecule has 0 spiro atoms. The number of hydrogen-bond donors (Lipinski definition) is 2. The SMILES string of the molecule is CCCCNC(=NCc1nnc(C)n1C)NCC1(CCOC)CCC1.I. The van der Waals surface area contributed by atoms with Gasteiger partial charge in [0.15, 0.2) is 11.8 Å². The van der Waals surface area contributed by atoms with E-state index in [9.17, 15) is 0 Å². The fraction of sp³-hybridized carbons (Fsp3) is 0.833. The lowest BCUT2D eigenvalue weighted by molar-refractivity contribution is 0.0732. The largest absolute Gasteiger partial charge is 0.385 e. The first-order valence-corrected chi connectivity index (χ1v) is 9.46. The molecule has 1 aromatic heterocycles. The van der Waals surface area contributed by atoms with Crippen molar-refractivity contribution in [2.45, 2.75) is 58.9 Å². The number of ether oxygens (including phenoxy) is 1. The van der Waals surface area contributed by atoms with E-state index in [1.807, 2.05) is 18.5 Å². The minimum atomic E-state index is 0. The van der Waals surface area contributed by atoms with E-state index in [-0.39, 0.29) is 24.0 Å². The van der Waals surface area contributed by atoms with Gasteiger partial charge in [-0.25, -0.2) is 4.99 Å². The molecule has 0 bridgehead atoms. The predicted octanol–water partition coefficient (Wildman–Crippen LogP) is 2.78. The van der Waals surface area contributed by atoms with Gasteiger partial charge < -0.3 is 19.9 Å². The van der Waals surface area contributed by atoms with Crippen LogP contribution >= 0.6 is 24.0 Å². The molecule has 2 rings (SSSR count). The Hall–Kier alpha value is -0.900. The standard InChI is InChI=1S/C18H34N6O.HI/c1-5-6-11-19-17(20-13-16-23-22-15(2)24(16)3)21-14-18(8-7-9-18)10-12-25-4;/h5-14H2,1-4H3,(H2,19,20,21);1H. The summed E-state index contributed by atoms with van der Waals surface area (Å²) < 4.78 is 7.27. The monoisotopic (exact) mass is 478 g/mol. The zero-order chi connectivity index (χ0) is 18.1. The molecule has 2 N–H and O–H groups in total. The molecule has 0 amide bonds. The fourth-order valence-electron chi connectivity index (χ4n) is 3.08. The number of methoxy groups -OCH3 is 1. The summed E-state index contributed by atoms with van der Waals surface area (Å²) in [6.07, 6.45) is 7.28. The average Bonchev–Trinajstić information content (AvgIpc) is 2.89. The lowest BCUT2D eigenvalue weighted by atomic mass is 9.67. The van der Waals surface area contributed by atoms with Gasteiger partial charge in [0, 0.05) is 33.9 Å². The number of halogens is 1. The van der Waals surface area contributed by atoms with Crippen molar-refractivity contribution in [3.05, 3.63) is 11.6 Å². The summed E-state index contributed by atoms with van der Waals surface area (Å²) in [4.78, 5) is 4.72. The van der Waals surface area contributed by atoms with Crippen LogP contribution in [0.4, 0.5) is 0 Å². The zero-order valence-corrected chi connectivity index (χ0v) is 19.0. The highest BCUT2D eigenvalue weighted by molar-refractivity contribution is 14.0. The van der Waals surface area contributed by atoms with Crippen LogP contribution in [0.3, 0.4) is 0 Å². The second-order valence-corrected chi connectivity index (χ2v) is 7.12. The van der Waals surface area contributed by atoms with Crippen molar-refractivity contribution in [2.75, 3.05) is 26.8 Å². The van der Waals surface area contributed by atoms with Gasteiger partial charge in [-0.3, -0.25) is 0 Å². The summed E-state index contributed by atoms with van der Waals surface area (Å²) in [7, 11) is 3.76. The van der Waals surface area contributed by atoms with E-state index in [2.05, 4.69) is 27.8 Å². The third-order valence-corrected chi connectivity index (χ3v) is 5.27. The van der Waals surface area contributed by atoms with Gasteiger partial charge in [-0.05, 0) is 38.0 Å². The Morgan fingerprint density at radius 1 is 1.31 bits per heavy atom. The lowest BCUT2D eigenvalue weighted by Gasteiger charge is -2.42. The molecule has 1 aliphatic carbocycles. The van der Waals surface area contributed by atoms with Crippen molar-refractivity contribution in [3.8, 4) is 0 Å². The van der Waals surface area contributed by atoms with Gasteiger partial charge in [0.1, 0.15) is 12.4 Å². The van der Waals surface area contributed by atoms with Crippen LogP contribution < -0.4 is 10.6 Å². The number of aryl methyl sites for hydroxylation is 1. The first-order chi connectivity index (χ1) is 12.1. The lowest BCUT2D eigenvalue weighted by Crippen LogP contribution is -2.47. The van der Waals surface area contributed by atoms with Gasteiger partial charge in [-0.15, -0.1) is 34.2 Å². The van der Waals surface area contributed by atoms with Crippen molar-refractivity contribution in [2.24, 2.45) is 17.5 Å². The molecule has 1 fully saturated rings. The molecule has 0 unspecified atom stereocenters. The molecule has 0 aliphatic heterocycles. The molecular weight excluding hydrogens is 443 g/mol. The summed E-state index contributed by atoms with van der Waals surface area (Å²) >= 11 is 0. The Morgan fingerprint density at radius 2 is 2.08 bits per heavy atom. The number of nitrogens with zero attached hydrogens (tertiary/aromatic N) is 4. The smallest absolute Gasteiger partial charge is 0.191 e. The van der Waals surface area contributed by atoms with Crippen LogP contribution in [0, 0.1) is 12.3 Å². The van der Waals surface area contributed by atoms with Gasteiger partial charge in [0.25, 0.3) is 0 Å². The van der Waals surface area contributed by atoms with Crippen molar-refractivity contribution in [3.63, 3.8) is 0 Å². The molecule has 8 heteroatoms. The molecule has 150 valence electrons. The van der Waals surface area contributed by atoms with Crippen LogP contribution in [-0.4, -0.2) is 47.5 Å². The summed E-state index contributed by atoms with van der Waals surface area (Å²) in [6, 6.07) is 0. The summed E-state index contributed by atoms with van der Waals surface area (Å²) in [5.41, 5.74) is 0.366. The minimum absolute atomic E-state index is 0. The number of guanidine groups is 1. The van der Waals surface area contributed by atoms with Crippen molar-refractivity contribution >= 4 is 29.9 Å². The van der Waals surface area contributed by atoms with Crippen LogP contribution in [0.1, 0.15) is 57.1 Å². The Bertz CT molecular complexity index is 556. The molecule has 0 saturated heterocycles. The van der Waals surface area contributed by atoms with E-state index in [1.165, 1.54) is 25.7 Å². The van der Waals surface area contributed by atoms with Gasteiger partial charge >= 0.3 is 0 Å². The third-order valence-electron chi connectivity index (χ3n) is 5.27. The van der Waals surface area contributed by atoms with Crippen molar-refractivity contribution < 1.29 is 4.74 Å². The van der Waals surface area contributed by atoms with E-state index >= 15 is 0 Å². The molecule has 0 radical (unpaired) electrons. The topological polar surface area (TPSA) is 76.4 Å². The van der Waals surface area contributed by atoms with Crippen LogP contribution in [0.2, 0.25) is 0 Å². The number of hydrogen-bond acceptors (Lipinski definition) is 4.